The number of benzene rings is 1. The van der Waals surface area contributed by atoms with Crippen molar-refractivity contribution in [2.45, 2.75) is 20.8 Å². The van der Waals surface area contributed by atoms with Gasteiger partial charge in [-0.15, -0.1) is 0 Å². The summed E-state index contributed by atoms with van der Waals surface area (Å²) < 4.78 is 5.79. The number of aryl methyl sites for hydroxylation is 1. The first-order chi connectivity index (χ1) is 8.70. The van der Waals surface area contributed by atoms with Gasteiger partial charge in [-0.25, -0.2) is 9.97 Å². The van der Waals surface area contributed by atoms with E-state index in [0.29, 0.717) is 5.88 Å². The summed E-state index contributed by atoms with van der Waals surface area (Å²) in [5, 5.41) is 3.18. The second-order valence-corrected chi connectivity index (χ2v) is 4.10. The number of nitrogens with zero attached hydrogens (tertiary/aromatic N) is 2. The van der Waals surface area contributed by atoms with Gasteiger partial charge in [0.05, 0.1) is 5.56 Å². The molecule has 0 aliphatic heterocycles. The lowest BCUT2D eigenvalue weighted by Crippen LogP contribution is -2.03. The third-order valence-corrected chi connectivity index (χ3v) is 2.59. The molecule has 18 heavy (non-hydrogen) atoms. The second kappa shape index (κ2) is 5.49. The highest BCUT2D eigenvalue weighted by Gasteiger charge is 2.08. The van der Waals surface area contributed by atoms with Crippen molar-refractivity contribution in [3.8, 4) is 11.6 Å². The van der Waals surface area contributed by atoms with E-state index in [-0.39, 0.29) is 0 Å². The Morgan fingerprint density at radius 1 is 1.22 bits per heavy atom. The molecule has 4 nitrogen and oxygen atoms in total. The lowest BCUT2D eigenvalue weighted by molar-refractivity contribution is 0.457. The molecule has 0 bridgehead atoms. The van der Waals surface area contributed by atoms with Crippen molar-refractivity contribution in [1.29, 1.82) is 0 Å². The molecule has 0 unspecified atom stereocenters. The van der Waals surface area contributed by atoms with E-state index in [4.69, 9.17) is 4.74 Å². The maximum Gasteiger partial charge on any atom is 0.227 e. The molecule has 2 rings (SSSR count). The van der Waals surface area contributed by atoms with E-state index in [0.717, 1.165) is 29.2 Å². The van der Waals surface area contributed by atoms with E-state index >= 15 is 0 Å². The Kier molecular flexibility index (Phi) is 3.77. The van der Waals surface area contributed by atoms with Crippen molar-refractivity contribution in [3.05, 3.63) is 41.7 Å². The van der Waals surface area contributed by atoms with E-state index in [2.05, 4.69) is 15.3 Å². The zero-order valence-corrected chi connectivity index (χ0v) is 10.9. The molecule has 0 fully saturated rings. The number of hydrogen-bond donors (Lipinski definition) is 1. The monoisotopic (exact) mass is 243 g/mol. The Labute approximate surface area is 107 Å². The van der Waals surface area contributed by atoms with Crippen LogP contribution in [0, 0.1) is 13.8 Å². The van der Waals surface area contributed by atoms with Gasteiger partial charge in [-0.1, -0.05) is 12.1 Å². The molecule has 0 saturated heterocycles. The fourth-order valence-corrected chi connectivity index (χ4v) is 1.67. The summed E-state index contributed by atoms with van der Waals surface area (Å²) in [6.07, 6.45) is 1.51. The summed E-state index contributed by atoms with van der Waals surface area (Å²) in [5.74, 6) is 2.20. The summed E-state index contributed by atoms with van der Waals surface area (Å²) in [7, 11) is 0. The molecular weight excluding hydrogens is 226 g/mol. The number of anilines is 1. The van der Waals surface area contributed by atoms with Crippen molar-refractivity contribution in [1.82, 2.24) is 9.97 Å². The number of aromatic nitrogens is 2. The molecule has 0 radical (unpaired) electrons. The van der Waals surface area contributed by atoms with Crippen LogP contribution < -0.4 is 10.1 Å². The van der Waals surface area contributed by atoms with Crippen LogP contribution in [0.5, 0.6) is 11.6 Å². The predicted molar refractivity (Wildman–Crippen MR) is 72.2 cm³/mol. The molecule has 0 amide bonds. The van der Waals surface area contributed by atoms with Gasteiger partial charge in [0, 0.05) is 6.54 Å². The van der Waals surface area contributed by atoms with Crippen LogP contribution in [0.15, 0.2) is 30.6 Å². The minimum atomic E-state index is 0.589. The highest BCUT2D eigenvalue weighted by Crippen LogP contribution is 2.26. The fraction of sp³-hybridized carbons (Fsp3) is 0.286. The summed E-state index contributed by atoms with van der Waals surface area (Å²) in [4.78, 5) is 8.36. The maximum atomic E-state index is 5.79. The van der Waals surface area contributed by atoms with Gasteiger partial charge in [-0.2, -0.15) is 0 Å². The van der Waals surface area contributed by atoms with Gasteiger partial charge in [0.1, 0.15) is 17.9 Å². The van der Waals surface area contributed by atoms with E-state index in [1.807, 2.05) is 45.0 Å². The van der Waals surface area contributed by atoms with Gasteiger partial charge in [0.15, 0.2) is 0 Å². The second-order valence-electron chi connectivity index (χ2n) is 4.10. The predicted octanol–water partition coefficient (Wildman–Crippen LogP) is 3.32. The molecule has 0 atom stereocenters. The van der Waals surface area contributed by atoms with Crippen LogP contribution in [0.2, 0.25) is 0 Å². The molecule has 1 heterocycles. The Morgan fingerprint density at radius 3 is 2.78 bits per heavy atom. The Hall–Kier alpha value is -2.10. The van der Waals surface area contributed by atoms with Gasteiger partial charge in [-0.05, 0) is 38.5 Å². The average molecular weight is 243 g/mol. The van der Waals surface area contributed by atoms with E-state index in [9.17, 15) is 0 Å². The first-order valence-corrected chi connectivity index (χ1v) is 6.00. The molecule has 2 aromatic rings. The molecule has 0 saturated carbocycles. The van der Waals surface area contributed by atoms with Crippen LogP contribution in [0.1, 0.15) is 18.1 Å². The smallest absolute Gasteiger partial charge is 0.227 e. The quantitative estimate of drug-likeness (QED) is 0.894. The Bertz CT molecular complexity index is 540. The normalized spacial score (nSPS) is 10.2. The van der Waals surface area contributed by atoms with Crippen molar-refractivity contribution in [2.24, 2.45) is 0 Å². The molecule has 1 aromatic heterocycles. The van der Waals surface area contributed by atoms with Crippen molar-refractivity contribution in [3.63, 3.8) is 0 Å². The number of rotatable bonds is 4. The molecule has 0 aliphatic rings. The van der Waals surface area contributed by atoms with E-state index < -0.39 is 0 Å². The van der Waals surface area contributed by atoms with Crippen LogP contribution in [0.3, 0.4) is 0 Å². The SMILES string of the molecule is CCNc1ncnc(Oc2cccc(C)c2)c1C. The first-order valence-electron chi connectivity index (χ1n) is 6.00. The molecule has 4 heteroatoms. The summed E-state index contributed by atoms with van der Waals surface area (Å²) in [6.45, 7) is 6.83. The minimum absolute atomic E-state index is 0.589. The van der Waals surface area contributed by atoms with Crippen LogP contribution in [0.25, 0.3) is 0 Å². The third-order valence-electron chi connectivity index (χ3n) is 2.59. The maximum absolute atomic E-state index is 5.79. The highest BCUT2D eigenvalue weighted by molar-refractivity contribution is 5.48. The molecule has 1 aromatic carbocycles. The van der Waals surface area contributed by atoms with Gasteiger partial charge < -0.3 is 10.1 Å². The molecule has 0 aliphatic carbocycles. The summed E-state index contributed by atoms with van der Waals surface area (Å²) >= 11 is 0. The van der Waals surface area contributed by atoms with Crippen molar-refractivity contribution < 1.29 is 4.74 Å². The number of nitrogens with one attached hydrogen (secondary N) is 1. The van der Waals surface area contributed by atoms with Crippen molar-refractivity contribution >= 4 is 5.82 Å². The number of ether oxygens (including phenoxy) is 1. The van der Waals surface area contributed by atoms with Gasteiger partial charge in [0.2, 0.25) is 5.88 Å². The third kappa shape index (κ3) is 2.77. The topological polar surface area (TPSA) is 47.0 Å². The number of hydrogen-bond acceptors (Lipinski definition) is 4. The van der Waals surface area contributed by atoms with Crippen LogP contribution in [-0.4, -0.2) is 16.5 Å². The first kappa shape index (κ1) is 12.4. The zero-order valence-electron chi connectivity index (χ0n) is 10.9. The lowest BCUT2D eigenvalue weighted by Gasteiger charge is -2.11. The molecule has 1 N–H and O–H groups in total. The molecule has 94 valence electrons. The average Bonchev–Trinajstić information content (AvgIpc) is 2.35. The minimum Gasteiger partial charge on any atom is -0.439 e. The van der Waals surface area contributed by atoms with Gasteiger partial charge in [-0.3, -0.25) is 0 Å². The van der Waals surface area contributed by atoms with Crippen LogP contribution in [-0.2, 0) is 0 Å². The zero-order chi connectivity index (χ0) is 13.0. The van der Waals surface area contributed by atoms with Crippen LogP contribution in [0.4, 0.5) is 5.82 Å². The summed E-state index contributed by atoms with van der Waals surface area (Å²) in [5.41, 5.74) is 2.08. The van der Waals surface area contributed by atoms with Crippen LogP contribution >= 0.6 is 0 Å². The van der Waals surface area contributed by atoms with Gasteiger partial charge in [0.25, 0.3) is 0 Å². The van der Waals surface area contributed by atoms with E-state index in [1.54, 1.807) is 0 Å². The Morgan fingerprint density at radius 2 is 2.06 bits per heavy atom. The van der Waals surface area contributed by atoms with Gasteiger partial charge >= 0.3 is 0 Å². The van der Waals surface area contributed by atoms with Crippen molar-refractivity contribution in [2.75, 3.05) is 11.9 Å². The lowest BCUT2D eigenvalue weighted by atomic mass is 10.2. The molecular formula is C14H17N3O. The summed E-state index contributed by atoms with van der Waals surface area (Å²) in [6, 6.07) is 7.89. The largest absolute Gasteiger partial charge is 0.439 e. The standard InChI is InChI=1S/C14H17N3O/c1-4-15-13-11(3)14(17-9-16-13)18-12-7-5-6-10(2)8-12/h5-9H,4H2,1-3H3,(H,15,16,17). The van der Waals surface area contributed by atoms with E-state index in [1.165, 1.54) is 6.33 Å². The molecule has 0 spiro atoms. The highest BCUT2D eigenvalue weighted by atomic mass is 16.5. The Balaban J connectivity index is 2.26. The fourth-order valence-electron chi connectivity index (χ4n) is 1.67.